The van der Waals surface area contributed by atoms with Gasteiger partial charge in [0.1, 0.15) is 12.4 Å². The first-order valence-corrected chi connectivity index (χ1v) is 6.82. The predicted octanol–water partition coefficient (Wildman–Crippen LogP) is 3.20. The molecule has 106 valence electrons. The van der Waals surface area contributed by atoms with Crippen molar-refractivity contribution >= 4 is 0 Å². The average molecular weight is 272 g/mol. The third kappa shape index (κ3) is 3.83. The van der Waals surface area contributed by atoms with Gasteiger partial charge in [-0.15, -0.1) is 0 Å². The topological polar surface area (TPSA) is 49.7 Å². The fourth-order valence-corrected chi connectivity index (χ4v) is 1.93. The van der Waals surface area contributed by atoms with Crippen molar-refractivity contribution in [1.29, 1.82) is 0 Å². The molecule has 0 aliphatic rings. The van der Waals surface area contributed by atoms with Gasteiger partial charge in [0.2, 0.25) is 0 Å². The Morgan fingerprint density at radius 3 is 2.10 bits per heavy atom. The maximum Gasteiger partial charge on any atom is 0.119 e. The molecule has 0 heterocycles. The molecular formula is C17H20O3. The third-order valence-electron chi connectivity index (χ3n) is 3.26. The molecule has 0 aromatic heterocycles. The van der Waals surface area contributed by atoms with Crippen molar-refractivity contribution in [1.82, 2.24) is 0 Å². The largest absolute Gasteiger partial charge is 0.489 e. The molecular weight excluding hydrogens is 252 g/mol. The second-order valence-electron chi connectivity index (χ2n) is 4.76. The van der Waals surface area contributed by atoms with E-state index >= 15 is 0 Å². The molecule has 0 spiro atoms. The molecule has 20 heavy (non-hydrogen) atoms. The van der Waals surface area contributed by atoms with Crippen molar-refractivity contribution < 1.29 is 14.9 Å². The van der Waals surface area contributed by atoms with E-state index in [4.69, 9.17) is 9.84 Å². The average Bonchev–Trinajstić information content (AvgIpc) is 2.53. The lowest BCUT2D eigenvalue weighted by Gasteiger charge is -2.10. The van der Waals surface area contributed by atoms with Crippen LogP contribution in [-0.4, -0.2) is 10.2 Å². The summed E-state index contributed by atoms with van der Waals surface area (Å²) < 4.78 is 5.69. The first kappa shape index (κ1) is 14.6. The molecule has 3 heteroatoms. The Labute approximate surface area is 119 Å². The first-order valence-electron chi connectivity index (χ1n) is 6.82. The van der Waals surface area contributed by atoms with Crippen LogP contribution in [0, 0.1) is 0 Å². The van der Waals surface area contributed by atoms with Gasteiger partial charge in [-0.1, -0.05) is 43.3 Å². The molecule has 0 saturated heterocycles. The predicted molar refractivity (Wildman–Crippen MR) is 78.4 cm³/mol. The van der Waals surface area contributed by atoms with Gasteiger partial charge in [-0.25, -0.2) is 0 Å². The van der Waals surface area contributed by atoms with Gasteiger partial charge in [0, 0.05) is 0 Å². The summed E-state index contributed by atoms with van der Waals surface area (Å²) in [6.45, 7) is 2.49. The summed E-state index contributed by atoms with van der Waals surface area (Å²) >= 11 is 0. The lowest BCUT2D eigenvalue weighted by atomic mass is 10.1. The van der Waals surface area contributed by atoms with Crippen LogP contribution < -0.4 is 4.74 Å². The Morgan fingerprint density at radius 2 is 1.55 bits per heavy atom. The minimum Gasteiger partial charge on any atom is -0.489 e. The maximum absolute atomic E-state index is 9.72. The van der Waals surface area contributed by atoms with Gasteiger partial charge in [0.05, 0.1) is 12.7 Å². The highest BCUT2D eigenvalue weighted by Gasteiger charge is 2.04. The van der Waals surface area contributed by atoms with E-state index in [1.54, 1.807) is 0 Å². The minimum absolute atomic E-state index is 0.0579. The standard InChI is InChI=1S/C17H20O3/c1-2-17(19)15-7-9-16(10-8-15)20-12-14-5-3-13(11-18)4-6-14/h3-10,17-19H,2,11-12H2,1H3/t17-/m1/s1. The quantitative estimate of drug-likeness (QED) is 0.849. The van der Waals surface area contributed by atoms with Crippen LogP contribution in [0.5, 0.6) is 5.75 Å². The van der Waals surface area contributed by atoms with Gasteiger partial charge in [-0.05, 0) is 35.2 Å². The highest BCUT2D eigenvalue weighted by Crippen LogP contribution is 2.20. The molecule has 0 aliphatic carbocycles. The highest BCUT2D eigenvalue weighted by molar-refractivity contribution is 5.29. The fraction of sp³-hybridized carbons (Fsp3) is 0.294. The second-order valence-corrected chi connectivity index (χ2v) is 4.76. The SMILES string of the molecule is CC[C@@H](O)c1ccc(OCc2ccc(CO)cc2)cc1. The molecule has 0 fully saturated rings. The van der Waals surface area contributed by atoms with Crippen molar-refractivity contribution in [3.63, 3.8) is 0 Å². The Bertz CT molecular complexity index is 517. The van der Waals surface area contributed by atoms with Crippen LogP contribution in [0.1, 0.15) is 36.1 Å². The number of hydrogen-bond donors (Lipinski definition) is 2. The van der Waals surface area contributed by atoms with Gasteiger partial charge in [0.25, 0.3) is 0 Å². The van der Waals surface area contributed by atoms with Crippen molar-refractivity contribution in [2.45, 2.75) is 32.7 Å². The van der Waals surface area contributed by atoms with Gasteiger partial charge >= 0.3 is 0 Å². The summed E-state index contributed by atoms with van der Waals surface area (Å²) in [6, 6.07) is 15.2. The van der Waals surface area contributed by atoms with E-state index in [0.29, 0.717) is 13.0 Å². The van der Waals surface area contributed by atoms with E-state index in [1.165, 1.54) is 0 Å². The van der Waals surface area contributed by atoms with E-state index in [0.717, 1.165) is 22.4 Å². The molecule has 0 saturated carbocycles. The van der Waals surface area contributed by atoms with Crippen LogP contribution in [0.25, 0.3) is 0 Å². The van der Waals surface area contributed by atoms with Crippen LogP contribution >= 0.6 is 0 Å². The Morgan fingerprint density at radius 1 is 0.950 bits per heavy atom. The number of hydrogen-bond acceptors (Lipinski definition) is 3. The molecule has 2 aromatic carbocycles. The first-order chi connectivity index (χ1) is 9.72. The van der Waals surface area contributed by atoms with Crippen molar-refractivity contribution in [2.24, 2.45) is 0 Å². The van der Waals surface area contributed by atoms with Gasteiger partial charge in [0.15, 0.2) is 0 Å². The number of benzene rings is 2. The Balaban J connectivity index is 1.93. The van der Waals surface area contributed by atoms with Crippen LogP contribution in [0.4, 0.5) is 0 Å². The van der Waals surface area contributed by atoms with Gasteiger partial charge in [-0.2, -0.15) is 0 Å². The molecule has 0 radical (unpaired) electrons. The van der Waals surface area contributed by atoms with Crippen LogP contribution in [0.2, 0.25) is 0 Å². The van der Waals surface area contributed by atoms with E-state index in [1.807, 2.05) is 55.5 Å². The lowest BCUT2D eigenvalue weighted by molar-refractivity contribution is 0.173. The molecule has 2 aromatic rings. The zero-order valence-corrected chi connectivity index (χ0v) is 11.6. The molecule has 0 amide bonds. The summed E-state index contributed by atoms with van der Waals surface area (Å²) in [5, 5.41) is 18.7. The number of aliphatic hydroxyl groups is 2. The number of ether oxygens (including phenoxy) is 1. The highest BCUT2D eigenvalue weighted by atomic mass is 16.5. The van der Waals surface area contributed by atoms with Crippen LogP contribution in [0.3, 0.4) is 0 Å². The molecule has 3 nitrogen and oxygen atoms in total. The monoisotopic (exact) mass is 272 g/mol. The van der Waals surface area contributed by atoms with Crippen molar-refractivity contribution in [2.75, 3.05) is 0 Å². The van der Waals surface area contributed by atoms with E-state index in [-0.39, 0.29) is 6.61 Å². The lowest BCUT2D eigenvalue weighted by Crippen LogP contribution is -1.98. The van der Waals surface area contributed by atoms with Gasteiger partial charge in [-0.3, -0.25) is 0 Å². The number of aliphatic hydroxyl groups excluding tert-OH is 2. The zero-order chi connectivity index (χ0) is 14.4. The molecule has 0 aliphatic heterocycles. The van der Waals surface area contributed by atoms with Gasteiger partial charge < -0.3 is 14.9 Å². The fourth-order valence-electron chi connectivity index (χ4n) is 1.93. The van der Waals surface area contributed by atoms with E-state index in [9.17, 15) is 5.11 Å². The normalized spacial score (nSPS) is 12.2. The summed E-state index contributed by atoms with van der Waals surface area (Å²) in [5.74, 6) is 0.781. The zero-order valence-electron chi connectivity index (χ0n) is 11.6. The Kier molecular flexibility index (Phi) is 5.16. The smallest absolute Gasteiger partial charge is 0.119 e. The van der Waals surface area contributed by atoms with E-state index < -0.39 is 6.10 Å². The third-order valence-corrected chi connectivity index (χ3v) is 3.26. The molecule has 0 unspecified atom stereocenters. The van der Waals surface area contributed by atoms with Crippen molar-refractivity contribution in [3.05, 3.63) is 65.2 Å². The molecule has 0 bridgehead atoms. The molecule has 1 atom stereocenters. The van der Waals surface area contributed by atoms with Crippen molar-refractivity contribution in [3.8, 4) is 5.75 Å². The summed E-state index contributed by atoms with van der Waals surface area (Å²) in [7, 11) is 0. The summed E-state index contributed by atoms with van der Waals surface area (Å²) in [6.07, 6.45) is 0.298. The molecule has 2 N–H and O–H groups in total. The second kappa shape index (κ2) is 7.08. The maximum atomic E-state index is 9.72. The Hall–Kier alpha value is -1.84. The number of rotatable bonds is 6. The van der Waals surface area contributed by atoms with E-state index in [2.05, 4.69) is 0 Å². The summed E-state index contributed by atoms with van der Waals surface area (Å²) in [4.78, 5) is 0. The molecule has 2 rings (SSSR count). The minimum atomic E-state index is -0.407. The summed E-state index contributed by atoms with van der Waals surface area (Å²) in [5.41, 5.74) is 2.86. The van der Waals surface area contributed by atoms with Crippen LogP contribution in [-0.2, 0) is 13.2 Å². The van der Waals surface area contributed by atoms with Crippen LogP contribution in [0.15, 0.2) is 48.5 Å².